The molecule has 0 aliphatic carbocycles. The Balaban J connectivity index is 0.000000780. The lowest BCUT2D eigenvalue weighted by molar-refractivity contribution is -0.181. The molecule has 0 bridgehead atoms. The molecule has 12 fully saturated rings. The topological polar surface area (TPSA) is 713 Å². The minimum Gasteiger partial charge on any atom is -0.393 e. The Morgan fingerprint density at radius 2 is 0.490 bits per heavy atom. The molecule has 12 saturated heterocycles. The van der Waals surface area contributed by atoms with Gasteiger partial charge in [-0.2, -0.15) is 5.06 Å². The van der Waals surface area contributed by atoms with Crippen LogP contribution < -0.4 is 86.0 Å². The number of aliphatic hydroxyl groups is 3. The number of halogens is 5. The first-order chi connectivity index (χ1) is 67.7. The molecule has 0 aromatic heterocycles. The Morgan fingerprint density at radius 3 is 0.769 bits per heavy atom. The number of hydrogen-bond donors (Lipinski definition) is 18. The number of carbonyl (C=O) groups excluding carboxylic acids is 12. The quantitative estimate of drug-likeness (QED) is 0.0269. The summed E-state index contributed by atoms with van der Waals surface area (Å²) in [6.45, 7) is 29.4. The Kier molecular flexibility index (Phi) is 76.1. The number of ether oxygens (including phenoxy) is 1. The predicted octanol–water partition coefficient (Wildman–Crippen LogP) is -3.63. The second-order valence-electron chi connectivity index (χ2n) is 38.7. The predicted molar refractivity (Wildman–Crippen MR) is 538 cm³/mol. The second-order valence-corrected chi connectivity index (χ2v) is 38.7. The summed E-state index contributed by atoms with van der Waals surface area (Å²) in [6.07, 6.45) is 20.4. The zero-order chi connectivity index (χ0) is 107. The number of rotatable bonds is 36. The van der Waals surface area contributed by atoms with E-state index in [4.69, 9.17) is 95.6 Å². The number of carbonyl (C=O) groups is 12. The van der Waals surface area contributed by atoms with Crippen LogP contribution in [0.3, 0.4) is 0 Å². The van der Waals surface area contributed by atoms with Gasteiger partial charge in [-0.3, -0.25) is 77.1 Å². The molecular formula is C94H186F5N27O17. The highest BCUT2D eigenvalue weighted by molar-refractivity contribution is 5.77. The normalized spacial score (nSPS) is 23.3. The van der Waals surface area contributed by atoms with Crippen molar-refractivity contribution in [2.45, 2.75) is 279 Å². The van der Waals surface area contributed by atoms with Crippen LogP contribution in [-0.2, 0) is 67.1 Å². The van der Waals surface area contributed by atoms with Crippen LogP contribution in [0.2, 0.25) is 0 Å². The maximum Gasteiger partial charge on any atom is 0.250 e. The maximum absolute atomic E-state index is 12.8. The van der Waals surface area contributed by atoms with Crippen molar-refractivity contribution in [2.24, 2.45) is 86.0 Å². The third kappa shape index (κ3) is 81.2. The molecule has 0 spiro atoms. The molecule has 0 saturated carbocycles. The van der Waals surface area contributed by atoms with Crippen molar-refractivity contribution in [1.29, 1.82) is 0 Å². The fraction of sp³-hybridized carbons (Fsp3) is 0.872. The number of amides is 12. The van der Waals surface area contributed by atoms with Crippen LogP contribution in [0.5, 0.6) is 0 Å². The summed E-state index contributed by atoms with van der Waals surface area (Å²) in [6, 6.07) is 0.924. The van der Waals surface area contributed by atoms with Crippen LogP contribution in [0.25, 0.3) is 0 Å². The first-order valence-corrected chi connectivity index (χ1v) is 51.6. The molecule has 12 aliphatic rings. The van der Waals surface area contributed by atoms with E-state index in [0.29, 0.717) is 187 Å². The summed E-state index contributed by atoms with van der Waals surface area (Å²) in [7, 11) is 0. The molecule has 12 amide bonds. The van der Waals surface area contributed by atoms with Crippen molar-refractivity contribution in [2.75, 3.05) is 249 Å². The van der Waals surface area contributed by atoms with Gasteiger partial charge >= 0.3 is 0 Å². The number of nitrogens with zero attached hydrogens (tertiary/aromatic N) is 12. The van der Waals surface area contributed by atoms with Crippen LogP contribution in [0.1, 0.15) is 218 Å². The van der Waals surface area contributed by atoms with Crippen molar-refractivity contribution < 1.29 is 104 Å². The molecule has 834 valence electrons. The number of hydroxylamine groups is 2. The van der Waals surface area contributed by atoms with E-state index in [-0.39, 0.29) is 121 Å². The van der Waals surface area contributed by atoms with Gasteiger partial charge in [0, 0.05) is 285 Å². The van der Waals surface area contributed by atoms with Gasteiger partial charge in [0.05, 0.1) is 38.1 Å². The lowest BCUT2D eigenvalue weighted by atomic mass is 10.1. The Labute approximate surface area is 844 Å². The zero-order valence-corrected chi connectivity index (χ0v) is 85.6. The molecule has 12 heterocycles. The Bertz CT molecular complexity index is 3040. The number of piperidine rings is 10. The highest BCUT2D eigenvalue weighted by Crippen LogP contribution is 2.28. The fourth-order valence-electron chi connectivity index (χ4n) is 16.8. The van der Waals surface area contributed by atoms with Gasteiger partial charge in [0.2, 0.25) is 70.9 Å². The first-order valence-electron chi connectivity index (χ1n) is 51.6. The third-order valence-electron chi connectivity index (χ3n) is 25.4. The number of β-amino-alcohol motifs (C(OH)–C–C–N with tert-alkyl or cyclic N) is 2. The average Bonchev–Trinajstić information content (AvgIpc) is 0.868. The number of aliphatic hydroxyl groups excluding tert-OH is 3. The van der Waals surface area contributed by atoms with E-state index in [9.17, 15) is 94.8 Å². The molecule has 44 nitrogen and oxygen atoms in total. The van der Waals surface area contributed by atoms with Crippen LogP contribution >= 0.6 is 0 Å². The first kappa shape index (κ1) is 133. The second kappa shape index (κ2) is 81.5. The van der Waals surface area contributed by atoms with Crippen molar-refractivity contribution in [3.63, 3.8) is 0 Å². The summed E-state index contributed by atoms with van der Waals surface area (Å²) in [5.74, 6) is -5.74. The van der Waals surface area contributed by atoms with Crippen molar-refractivity contribution in [3.8, 4) is 0 Å². The molecule has 0 aromatic carbocycles. The number of hydrogen-bond acceptors (Lipinski definition) is 32. The zero-order valence-electron chi connectivity index (χ0n) is 85.6. The van der Waals surface area contributed by atoms with E-state index in [1.807, 2.05) is 19.8 Å². The standard InChI is InChI=1S/C8H14F2N2O.3C8H15FN2O.3C8H17N3O.3C8H16N2O2.2C7H14N2O2/c9-8(10)2-5-12(6-3-8)4-1-7(11)13;9-7-1-4-11(5-2-7)6-3-8(10)12;2*9-7-2-1-4-11(6-7)5-3-8(10)12;9-7-1-4-11(5-2-7)6-3-8(10)12;2*9-7-2-1-4-11(6-7)5-3-8(10)12;9-8(12)3-6-10-4-1-7(11)2-5-10;2*9-8(12)3-5-10-4-1-2-7(11)6-10;8-7(10)1-2-9-3-5-11-6-4-9;8-7(10)3-5-9-4-1-2-6-11-9/h1-6H2,(H2,11,13);3*7H,1-6H2,(H2,10,12);3*7H,1-6,9H2,(H2,10,12);3*7,11H,1-6H2,(H2,9,12);2*1-6H2,(H2,8,10)/t;;7-;;;7-;;;7-;;;/m..0..0..0.../s1. The molecule has 3 unspecified atom stereocenters. The fourth-order valence-corrected chi connectivity index (χ4v) is 16.8. The number of alkyl halides is 5. The minimum absolute atomic E-state index is 0.105. The van der Waals surface area contributed by atoms with Gasteiger partial charge in [0.1, 0.15) is 18.5 Å². The van der Waals surface area contributed by atoms with E-state index in [1.54, 1.807) is 0 Å². The molecule has 0 radical (unpaired) electrons. The molecule has 143 heavy (non-hydrogen) atoms. The summed E-state index contributed by atoms with van der Waals surface area (Å²) in [4.78, 5) is 154. The molecule has 12 aliphatic heterocycles. The lowest BCUT2D eigenvalue weighted by Crippen LogP contribution is -2.43. The highest BCUT2D eigenvalue weighted by Gasteiger charge is 2.34. The van der Waals surface area contributed by atoms with E-state index < -0.39 is 24.4 Å². The van der Waals surface area contributed by atoms with E-state index in [1.165, 1.54) is 0 Å². The highest BCUT2D eigenvalue weighted by atomic mass is 19.3. The van der Waals surface area contributed by atoms with Crippen LogP contribution in [0.4, 0.5) is 22.0 Å². The van der Waals surface area contributed by atoms with Gasteiger partial charge in [-0.1, -0.05) is 0 Å². The maximum atomic E-state index is 12.8. The Morgan fingerprint density at radius 1 is 0.238 bits per heavy atom. The van der Waals surface area contributed by atoms with Gasteiger partial charge in [-0.25, -0.2) is 22.0 Å². The Hall–Kier alpha value is -7.51. The molecule has 49 heteroatoms. The van der Waals surface area contributed by atoms with Gasteiger partial charge < -0.3 is 145 Å². The SMILES string of the molecule is NC(=O)CCN1CCC(F)(F)CC1.NC(=O)CCN1CCC(F)CC1.NC(=O)CCN1CCC(N)CC1.NC(=O)CCN1CCC(O)CC1.NC(=O)CCN1CCCC(F)C1.NC(=O)CCN1CCCC(N)C1.NC(=O)CCN1CCCC(O)C1.NC(=O)CCN1CCCCO1.NC(=O)CCN1CCC[C@H](F)C1.NC(=O)CCN1CCC[C@H](N)C1.NC(=O)CCN1CCC[C@H](O)C1.NC(=O)CCN1CCOCC1. The number of primary amides is 12. The molecule has 33 N–H and O–H groups in total. The van der Waals surface area contributed by atoms with E-state index in [2.05, 4.69) is 39.2 Å². The van der Waals surface area contributed by atoms with Gasteiger partial charge in [-0.15, -0.1) is 0 Å². The number of morpholine rings is 1. The van der Waals surface area contributed by atoms with E-state index in [0.717, 1.165) is 267 Å². The van der Waals surface area contributed by atoms with Crippen LogP contribution in [0, 0.1) is 0 Å². The smallest absolute Gasteiger partial charge is 0.250 e. The van der Waals surface area contributed by atoms with Crippen molar-refractivity contribution in [3.05, 3.63) is 0 Å². The molecule has 0 aromatic rings. The van der Waals surface area contributed by atoms with Gasteiger partial charge in [-0.05, 0) is 181 Å². The monoisotopic (exact) mass is 2060 g/mol. The lowest BCUT2D eigenvalue weighted by Gasteiger charge is -2.31. The third-order valence-corrected chi connectivity index (χ3v) is 25.4. The largest absolute Gasteiger partial charge is 0.393 e. The number of likely N-dealkylation sites (tertiary alicyclic amines) is 10. The van der Waals surface area contributed by atoms with Crippen LogP contribution in [0.15, 0.2) is 0 Å². The summed E-state index contributed by atoms with van der Waals surface area (Å²) >= 11 is 0. The molecule has 12 rings (SSSR count). The number of nitrogens with two attached hydrogens (primary N) is 15. The molecule has 6 atom stereocenters. The minimum atomic E-state index is -2.51. The summed E-state index contributed by atoms with van der Waals surface area (Å²) in [5.41, 5.74) is 77.4. The van der Waals surface area contributed by atoms with Gasteiger partial charge in [0.15, 0.2) is 0 Å². The average molecular weight is 2060 g/mol. The van der Waals surface area contributed by atoms with E-state index >= 15 is 0 Å². The van der Waals surface area contributed by atoms with Crippen molar-refractivity contribution in [1.82, 2.24) is 59.0 Å². The van der Waals surface area contributed by atoms with Crippen molar-refractivity contribution >= 4 is 70.9 Å². The summed E-state index contributed by atoms with van der Waals surface area (Å²) < 4.78 is 68.7. The van der Waals surface area contributed by atoms with Crippen LogP contribution in [-0.4, -0.2) is 455 Å². The molecular weight excluding hydrogens is 1870 g/mol. The summed E-state index contributed by atoms with van der Waals surface area (Å²) in [5, 5.41) is 29.6. The van der Waals surface area contributed by atoms with Gasteiger partial charge in [0.25, 0.3) is 5.92 Å².